The summed E-state index contributed by atoms with van der Waals surface area (Å²) in [7, 11) is 0. The Morgan fingerprint density at radius 3 is 2.68 bits per heavy atom. The van der Waals surface area contributed by atoms with Gasteiger partial charge in [0, 0.05) is 40.3 Å². The molecule has 0 radical (unpaired) electrons. The molecule has 7 heteroatoms. The number of rotatable bonds is 6. The fourth-order valence-corrected chi connectivity index (χ4v) is 2.52. The van der Waals surface area contributed by atoms with Gasteiger partial charge in [-0.2, -0.15) is 0 Å². The number of hydrogen-bond donors (Lipinski definition) is 2. The molecule has 28 heavy (non-hydrogen) atoms. The second-order valence-corrected chi connectivity index (χ2v) is 6.13. The van der Waals surface area contributed by atoms with Crippen molar-refractivity contribution in [1.29, 1.82) is 0 Å². The lowest BCUT2D eigenvalue weighted by Crippen LogP contribution is -2.16. The number of carbonyl (C=O) groups excluding carboxylic acids is 2. The predicted octanol–water partition coefficient (Wildman–Crippen LogP) is 3.46. The average Bonchev–Trinajstić information content (AvgIpc) is 2.70. The second kappa shape index (κ2) is 8.30. The van der Waals surface area contributed by atoms with Crippen molar-refractivity contribution in [3.63, 3.8) is 0 Å². The number of benzene rings is 2. The number of carbonyl (C=O) groups is 2. The normalized spacial score (nSPS) is 10.4. The first-order valence-electron chi connectivity index (χ1n) is 8.47. The van der Waals surface area contributed by atoms with Crippen molar-refractivity contribution in [2.45, 2.75) is 13.5 Å². The van der Waals surface area contributed by atoms with Crippen molar-refractivity contribution in [2.75, 3.05) is 5.32 Å². The summed E-state index contributed by atoms with van der Waals surface area (Å²) >= 11 is 0. The third-order valence-corrected chi connectivity index (χ3v) is 4.10. The van der Waals surface area contributed by atoms with Crippen LogP contribution in [0, 0.1) is 12.7 Å². The first kappa shape index (κ1) is 19.0. The van der Waals surface area contributed by atoms with Gasteiger partial charge >= 0.3 is 0 Å². The van der Waals surface area contributed by atoms with Crippen LogP contribution >= 0.6 is 0 Å². The maximum atomic E-state index is 14.0. The summed E-state index contributed by atoms with van der Waals surface area (Å²) in [6.07, 6.45) is 3.37. The van der Waals surface area contributed by atoms with E-state index in [0.29, 0.717) is 17.9 Å². The molecular weight excluding hydrogens is 361 g/mol. The summed E-state index contributed by atoms with van der Waals surface area (Å²) in [6.45, 7) is 1.81. The molecule has 1 aromatic heterocycles. The van der Waals surface area contributed by atoms with Crippen LogP contribution in [0.5, 0.6) is 5.75 Å². The van der Waals surface area contributed by atoms with E-state index in [9.17, 15) is 14.0 Å². The number of ether oxygens (including phenoxy) is 1. The molecule has 3 aromatic rings. The van der Waals surface area contributed by atoms with Crippen molar-refractivity contribution in [3.8, 4) is 5.75 Å². The zero-order valence-electron chi connectivity index (χ0n) is 15.1. The van der Waals surface area contributed by atoms with Crippen LogP contribution in [0.3, 0.4) is 0 Å². The fourth-order valence-electron chi connectivity index (χ4n) is 2.52. The highest BCUT2D eigenvalue weighted by Gasteiger charge is 2.14. The number of hydrogen-bond acceptors (Lipinski definition) is 4. The van der Waals surface area contributed by atoms with Crippen molar-refractivity contribution in [2.24, 2.45) is 5.73 Å². The highest BCUT2D eigenvalue weighted by Crippen LogP contribution is 2.22. The molecule has 3 rings (SSSR count). The lowest BCUT2D eigenvalue weighted by molar-refractivity contribution is 0.0995. The molecular formula is C21H18FN3O3. The standard InChI is InChI=1S/C21H18FN3O3/c1-13-18(22)9-16(20(23)26)10-19(13)25-21(27)15-5-2-6-17(8-15)28-12-14-4-3-7-24-11-14/h2-11H,12H2,1H3,(H2,23,26)(H,25,27). The van der Waals surface area contributed by atoms with Gasteiger partial charge in [0.05, 0.1) is 0 Å². The Morgan fingerprint density at radius 2 is 1.96 bits per heavy atom. The van der Waals surface area contributed by atoms with Gasteiger partial charge in [0.15, 0.2) is 0 Å². The van der Waals surface area contributed by atoms with Crippen molar-refractivity contribution in [3.05, 3.63) is 89.0 Å². The molecule has 0 saturated carbocycles. The van der Waals surface area contributed by atoms with Crippen LogP contribution in [0.25, 0.3) is 0 Å². The van der Waals surface area contributed by atoms with E-state index in [1.54, 1.807) is 36.7 Å². The van der Waals surface area contributed by atoms with Gasteiger partial charge in [-0.25, -0.2) is 4.39 Å². The molecule has 3 N–H and O–H groups in total. The number of amides is 2. The van der Waals surface area contributed by atoms with E-state index < -0.39 is 17.6 Å². The highest BCUT2D eigenvalue weighted by atomic mass is 19.1. The van der Waals surface area contributed by atoms with E-state index in [2.05, 4.69) is 10.3 Å². The first-order valence-corrected chi connectivity index (χ1v) is 8.47. The second-order valence-electron chi connectivity index (χ2n) is 6.13. The minimum atomic E-state index is -0.778. The van der Waals surface area contributed by atoms with Gasteiger partial charge in [0.1, 0.15) is 18.2 Å². The van der Waals surface area contributed by atoms with E-state index in [1.165, 1.54) is 13.0 Å². The number of pyridine rings is 1. The van der Waals surface area contributed by atoms with Gasteiger partial charge in [-0.15, -0.1) is 0 Å². The third-order valence-electron chi connectivity index (χ3n) is 4.10. The Bertz CT molecular complexity index is 1020. The minimum Gasteiger partial charge on any atom is -0.489 e. The molecule has 2 amide bonds. The maximum Gasteiger partial charge on any atom is 0.255 e. The molecule has 1 heterocycles. The summed E-state index contributed by atoms with van der Waals surface area (Å²) in [6, 6.07) is 12.7. The molecule has 0 bridgehead atoms. The summed E-state index contributed by atoms with van der Waals surface area (Å²) in [5.41, 5.74) is 6.80. The zero-order valence-corrected chi connectivity index (χ0v) is 15.1. The Balaban J connectivity index is 1.75. The number of primary amides is 1. The van der Waals surface area contributed by atoms with Crippen LogP contribution < -0.4 is 15.8 Å². The molecule has 0 unspecified atom stereocenters. The number of aromatic nitrogens is 1. The molecule has 0 saturated heterocycles. The Hall–Kier alpha value is -3.74. The number of nitrogens with zero attached hydrogens (tertiary/aromatic N) is 1. The van der Waals surface area contributed by atoms with Crippen LogP contribution in [0.2, 0.25) is 0 Å². The van der Waals surface area contributed by atoms with E-state index in [0.717, 1.165) is 11.6 Å². The van der Waals surface area contributed by atoms with Crippen LogP contribution in [0.15, 0.2) is 60.9 Å². The molecule has 0 aliphatic rings. The van der Waals surface area contributed by atoms with Crippen molar-refractivity contribution >= 4 is 17.5 Å². The number of nitrogens with one attached hydrogen (secondary N) is 1. The van der Waals surface area contributed by atoms with Gasteiger partial charge in [-0.1, -0.05) is 12.1 Å². The highest BCUT2D eigenvalue weighted by molar-refractivity contribution is 6.05. The van der Waals surface area contributed by atoms with Crippen LogP contribution in [0.4, 0.5) is 10.1 Å². The smallest absolute Gasteiger partial charge is 0.255 e. The molecule has 0 fully saturated rings. The zero-order chi connectivity index (χ0) is 20.1. The van der Waals surface area contributed by atoms with E-state index >= 15 is 0 Å². The molecule has 2 aromatic carbocycles. The van der Waals surface area contributed by atoms with Crippen LogP contribution in [-0.2, 0) is 6.61 Å². The molecule has 142 valence electrons. The predicted molar refractivity (Wildman–Crippen MR) is 103 cm³/mol. The Kier molecular flexibility index (Phi) is 5.64. The molecule has 0 spiro atoms. The van der Waals surface area contributed by atoms with E-state index in [-0.39, 0.29) is 16.8 Å². The fraction of sp³-hybridized carbons (Fsp3) is 0.0952. The summed E-state index contributed by atoms with van der Waals surface area (Å²) in [4.78, 5) is 27.9. The molecule has 6 nitrogen and oxygen atoms in total. The lowest BCUT2D eigenvalue weighted by Gasteiger charge is -2.12. The topological polar surface area (TPSA) is 94.3 Å². The van der Waals surface area contributed by atoms with Gasteiger partial charge in [-0.05, 0) is 43.3 Å². The van der Waals surface area contributed by atoms with E-state index in [4.69, 9.17) is 10.5 Å². The molecule has 0 atom stereocenters. The quantitative estimate of drug-likeness (QED) is 0.686. The first-order chi connectivity index (χ1) is 13.4. The van der Waals surface area contributed by atoms with Gasteiger partial charge in [0.25, 0.3) is 5.91 Å². The van der Waals surface area contributed by atoms with Gasteiger partial charge < -0.3 is 15.8 Å². The Labute approximate surface area is 161 Å². The lowest BCUT2D eigenvalue weighted by atomic mass is 10.1. The minimum absolute atomic E-state index is 0.0213. The summed E-state index contributed by atoms with van der Waals surface area (Å²) in [5.74, 6) is -1.36. The average molecular weight is 379 g/mol. The monoisotopic (exact) mass is 379 g/mol. The van der Waals surface area contributed by atoms with Gasteiger partial charge in [0.2, 0.25) is 5.91 Å². The maximum absolute atomic E-state index is 14.0. The SMILES string of the molecule is Cc1c(F)cc(C(N)=O)cc1NC(=O)c1cccc(OCc2cccnc2)c1. The van der Waals surface area contributed by atoms with E-state index in [1.807, 2.05) is 12.1 Å². The van der Waals surface area contributed by atoms with Crippen LogP contribution in [0.1, 0.15) is 31.8 Å². The summed E-state index contributed by atoms with van der Waals surface area (Å²) in [5, 5.41) is 2.61. The largest absolute Gasteiger partial charge is 0.489 e. The number of anilines is 1. The molecule has 0 aliphatic heterocycles. The van der Waals surface area contributed by atoms with Crippen molar-refractivity contribution < 1.29 is 18.7 Å². The van der Waals surface area contributed by atoms with Gasteiger partial charge in [-0.3, -0.25) is 14.6 Å². The number of halogens is 1. The summed E-state index contributed by atoms with van der Waals surface area (Å²) < 4.78 is 19.7. The third kappa shape index (κ3) is 4.50. The molecule has 0 aliphatic carbocycles. The Morgan fingerprint density at radius 1 is 1.14 bits per heavy atom. The van der Waals surface area contributed by atoms with Crippen LogP contribution in [-0.4, -0.2) is 16.8 Å². The van der Waals surface area contributed by atoms with Crippen molar-refractivity contribution in [1.82, 2.24) is 4.98 Å². The number of nitrogens with two attached hydrogens (primary N) is 1.